The second kappa shape index (κ2) is 15.5. The van der Waals surface area contributed by atoms with Gasteiger partial charge in [0, 0.05) is 26.3 Å². The third kappa shape index (κ3) is 9.65. The average molecular weight is 643 g/mol. The van der Waals surface area contributed by atoms with Crippen LogP contribution in [0.15, 0.2) is 18.2 Å². The van der Waals surface area contributed by atoms with Gasteiger partial charge in [-0.2, -0.15) is 13.2 Å². The van der Waals surface area contributed by atoms with Gasteiger partial charge in [0.25, 0.3) is 0 Å². The first-order chi connectivity index (χ1) is 21.2. The highest BCUT2D eigenvalue weighted by atomic mass is 19.4. The maximum Gasteiger partial charge on any atom is 0.416 e. The van der Waals surface area contributed by atoms with E-state index < -0.39 is 42.1 Å². The molecule has 1 amide bonds. The Labute approximate surface area is 259 Å². The molecular formula is C30H41F3N4O8. The number of carbonyl (C=O) groups excluding carboxylic acids is 2. The van der Waals surface area contributed by atoms with Gasteiger partial charge in [-0.3, -0.25) is 4.90 Å². The van der Waals surface area contributed by atoms with Crippen LogP contribution in [-0.2, 0) is 38.2 Å². The molecule has 1 aliphatic heterocycles. The number of hydrogen-bond acceptors (Lipinski definition) is 11. The molecule has 0 radical (unpaired) electrons. The molecule has 3 rings (SSSR count). The summed E-state index contributed by atoms with van der Waals surface area (Å²) in [5.41, 5.74) is -1.10. The minimum Gasteiger partial charge on any atom is -0.467 e. The molecule has 45 heavy (non-hydrogen) atoms. The summed E-state index contributed by atoms with van der Waals surface area (Å²) in [5, 5.41) is 31.4. The maximum atomic E-state index is 13.6. The minimum atomic E-state index is -4.70. The fraction of sp³-hybridized carbons (Fsp3) is 0.600. The van der Waals surface area contributed by atoms with Gasteiger partial charge in [0.15, 0.2) is 6.79 Å². The maximum absolute atomic E-state index is 13.6. The van der Waals surface area contributed by atoms with E-state index in [-0.39, 0.29) is 61.6 Å². The predicted octanol–water partition coefficient (Wildman–Crippen LogP) is 4.31. The number of amides is 1. The molecule has 2 heterocycles. The number of hydrogen-bond donors (Lipinski definition) is 3. The molecule has 250 valence electrons. The molecule has 0 aliphatic carbocycles. The first kappa shape index (κ1) is 35.8. The number of esters is 1. The van der Waals surface area contributed by atoms with Crippen LogP contribution in [0.4, 0.5) is 23.8 Å². The Morgan fingerprint density at radius 1 is 1.09 bits per heavy atom. The Morgan fingerprint density at radius 3 is 2.42 bits per heavy atom. The third-order valence-electron chi connectivity index (χ3n) is 6.85. The van der Waals surface area contributed by atoms with Gasteiger partial charge in [-0.05, 0) is 82.7 Å². The third-order valence-corrected chi connectivity index (χ3v) is 6.85. The zero-order valence-corrected chi connectivity index (χ0v) is 26.1. The summed E-state index contributed by atoms with van der Waals surface area (Å²) in [6.07, 6.45) is -4.03. The highest BCUT2D eigenvalue weighted by Gasteiger charge is 2.39. The lowest BCUT2D eigenvalue weighted by Crippen LogP contribution is -2.55. The number of ether oxygens (including phenoxy) is 4. The van der Waals surface area contributed by atoms with Gasteiger partial charge >= 0.3 is 18.2 Å². The summed E-state index contributed by atoms with van der Waals surface area (Å²) in [5.74, 6) is -0.437. The van der Waals surface area contributed by atoms with Crippen LogP contribution in [0, 0.1) is 0 Å². The molecule has 1 aromatic carbocycles. The number of aromatic nitrogens is 2. The lowest BCUT2D eigenvalue weighted by molar-refractivity contribution is -0.150. The van der Waals surface area contributed by atoms with Crippen molar-refractivity contribution in [3.05, 3.63) is 34.9 Å². The number of carbonyl (C=O) groups is 2. The van der Waals surface area contributed by atoms with Crippen molar-refractivity contribution < 1.29 is 51.9 Å². The molecule has 0 bridgehead atoms. The van der Waals surface area contributed by atoms with Crippen LogP contribution in [0.25, 0.3) is 11.3 Å². The summed E-state index contributed by atoms with van der Waals surface area (Å²) in [6, 6.07) is 2.09. The molecule has 0 unspecified atom stereocenters. The first-order valence-corrected chi connectivity index (χ1v) is 14.6. The fourth-order valence-electron chi connectivity index (χ4n) is 4.94. The standard InChI is InChI=1S/C30H41F3N4O8/c1-6-43-27(40)22-10-9-21(15-37(22)28(41)45-29(2,3)4)34-24-13-18(8-7-11-38)26(36-35-24)25-19(16-39)12-20(30(31,32)33)14-23(25)44-17-42-5/h12-14,21-22,38-39H,6-11,15-17H2,1-5H3,(H,34,35)/t21-,22+/m1/s1. The van der Waals surface area contributed by atoms with Crippen LogP contribution in [0.5, 0.6) is 5.75 Å². The Bertz CT molecular complexity index is 1320. The number of aryl methyl sites for hydroxylation is 1. The summed E-state index contributed by atoms with van der Waals surface area (Å²) >= 11 is 0. The van der Waals surface area contributed by atoms with Crippen molar-refractivity contribution in [1.82, 2.24) is 15.1 Å². The molecule has 0 saturated carbocycles. The second-order valence-corrected chi connectivity index (χ2v) is 11.5. The molecule has 1 aliphatic rings. The average Bonchev–Trinajstić information content (AvgIpc) is 2.97. The van der Waals surface area contributed by atoms with Crippen molar-refractivity contribution in [1.29, 1.82) is 0 Å². The highest BCUT2D eigenvalue weighted by Crippen LogP contribution is 2.41. The van der Waals surface area contributed by atoms with Crippen molar-refractivity contribution in [3.8, 4) is 17.0 Å². The topological polar surface area (TPSA) is 153 Å². The highest BCUT2D eigenvalue weighted by molar-refractivity contribution is 5.82. The number of methoxy groups -OCH3 is 1. The zero-order valence-electron chi connectivity index (χ0n) is 26.1. The van der Waals surface area contributed by atoms with Gasteiger partial charge in [0.2, 0.25) is 0 Å². The van der Waals surface area contributed by atoms with Crippen molar-refractivity contribution in [2.24, 2.45) is 0 Å². The summed E-state index contributed by atoms with van der Waals surface area (Å²) in [6.45, 7) is 5.83. The van der Waals surface area contributed by atoms with E-state index in [0.717, 1.165) is 12.1 Å². The van der Waals surface area contributed by atoms with Crippen molar-refractivity contribution >= 4 is 17.9 Å². The Balaban J connectivity index is 1.99. The number of halogens is 3. The van der Waals surface area contributed by atoms with E-state index in [1.807, 2.05) is 0 Å². The molecule has 1 aromatic heterocycles. The SMILES string of the molecule is CCOC(=O)[C@@H]1CC[C@@H](Nc2cc(CCCO)c(-c3c(CO)cc(C(F)(F)F)cc3OCOC)nn2)CN1C(=O)OC(C)(C)C. The Morgan fingerprint density at radius 2 is 1.82 bits per heavy atom. The number of likely N-dealkylation sites (tertiary alicyclic amines) is 1. The second-order valence-electron chi connectivity index (χ2n) is 11.5. The van der Waals surface area contributed by atoms with Crippen LogP contribution >= 0.6 is 0 Å². The molecule has 2 atom stereocenters. The number of anilines is 1. The molecule has 3 N–H and O–H groups in total. The van der Waals surface area contributed by atoms with E-state index in [2.05, 4.69) is 15.5 Å². The van der Waals surface area contributed by atoms with Gasteiger partial charge in [-0.1, -0.05) is 0 Å². The molecule has 0 spiro atoms. The molecular weight excluding hydrogens is 601 g/mol. The number of piperidine rings is 1. The predicted molar refractivity (Wildman–Crippen MR) is 156 cm³/mol. The van der Waals surface area contributed by atoms with Crippen molar-refractivity contribution in [3.63, 3.8) is 0 Å². The van der Waals surface area contributed by atoms with Crippen LogP contribution in [0.2, 0.25) is 0 Å². The normalized spacial score (nSPS) is 17.2. The fourth-order valence-corrected chi connectivity index (χ4v) is 4.94. The summed E-state index contributed by atoms with van der Waals surface area (Å²) in [4.78, 5) is 27.0. The van der Waals surface area contributed by atoms with Gasteiger partial charge in [0.1, 0.15) is 28.9 Å². The summed E-state index contributed by atoms with van der Waals surface area (Å²) < 4.78 is 62.0. The zero-order chi connectivity index (χ0) is 33.4. The van der Waals surface area contributed by atoms with E-state index in [4.69, 9.17) is 18.9 Å². The first-order valence-electron chi connectivity index (χ1n) is 14.6. The van der Waals surface area contributed by atoms with Crippen LogP contribution in [0.3, 0.4) is 0 Å². The molecule has 2 aromatic rings. The van der Waals surface area contributed by atoms with Gasteiger partial charge < -0.3 is 34.5 Å². The quantitative estimate of drug-likeness (QED) is 0.224. The van der Waals surface area contributed by atoms with Gasteiger partial charge in [0.05, 0.1) is 24.3 Å². The number of alkyl halides is 3. The lowest BCUT2D eigenvalue weighted by atomic mass is 9.95. The van der Waals surface area contributed by atoms with E-state index in [1.165, 1.54) is 12.0 Å². The van der Waals surface area contributed by atoms with E-state index in [1.54, 1.807) is 33.8 Å². The molecule has 1 fully saturated rings. The van der Waals surface area contributed by atoms with E-state index in [9.17, 15) is 33.0 Å². The minimum absolute atomic E-state index is 0.0820. The number of benzene rings is 1. The van der Waals surface area contributed by atoms with Crippen molar-refractivity contribution in [2.45, 2.75) is 83.8 Å². The molecule has 1 saturated heterocycles. The molecule has 15 heteroatoms. The van der Waals surface area contributed by atoms with Crippen LogP contribution in [0.1, 0.15) is 63.6 Å². The largest absolute Gasteiger partial charge is 0.467 e. The van der Waals surface area contributed by atoms with E-state index >= 15 is 0 Å². The molecule has 12 nitrogen and oxygen atoms in total. The Hall–Kier alpha value is -3.69. The summed E-state index contributed by atoms with van der Waals surface area (Å²) in [7, 11) is 1.32. The lowest BCUT2D eigenvalue weighted by Gasteiger charge is -2.39. The number of aliphatic hydroxyl groups is 2. The van der Waals surface area contributed by atoms with E-state index in [0.29, 0.717) is 30.6 Å². The smallest absolute Gasteiger partial charge is 0.416 e. The van der Waals surface area contributed by atoms with Crippen molar-refractivity contribution in [2.75, 3.05) is 39.0 Å². The van der Waals surface area contributed by atoms with Crippen LogP contribution < -0.4 is 10.1 Å². The van der Waals surface area contributed by atoms with Crippen LogP contribution in [-0.4, -0.2) is 88.7 Å². The monoisotopic (exact) mass is 642 g/mol. The number of aliphatic hydroxyl groups excluding tert-OH is 2. The Kier molecular flexibility index (Phi) is 12.4. The number of nitrogens with one attached hydrogen (secondary N) is 1. The number of nitrogens with zero attached hydrogens (tertiary/aromatic N) is 3. The number of rotatable bonds is 12. The van der Waals surface area contributed by atoms with Gasteiger partial charge in [-0.25, -0.2) is 9.59 Å². The van der Waals surface area contributed by atoms with Gasteiger partial charge in [-0.15, -0.1) is 10.2 Å².